The molecule has 7 nitrogen and oxygen atoms in total. The van der Waals surface area contributed by atoms with Crippen molar-refractivity contribution in [1.29, 1.82) is 0 Å². The maximum atomic E-state index is 12.5. The molecule has 1 amide bonds. The lowest BCUT2D eigenvalue weighted by Crippen LogP contribution is -2.61. The minimum absolute atomic E-state index is 0.0438. The Balaban J connectivity index is 2.17. The average Bonchev–Trinajstić information content (AvgIpc) is 2.43. The molecule has 2 rings (SSSR count). The minimum Gasteiger partial charge on any atom is -0.444 e. The van der Waals surface area contributed by atoms with Crippen molar-refractivity contribution in [2.45, 2.75) is 45.8 Å². The van der Waals surface area contributed by atoms with Gasteiger partial charge in [0, 0.05) is 36.2 Å². The molecule has 0 saturated carbocycles. The van der Waals surface area contributed by atoms with Crippen LogP contribution in [-0.2, 0) is 4.74 Å². The van der Waals surface area contributed by atoms with E-state index in [-0.39, 0.29) is 11.8 Å². The van der Waals surface area contributed by atoms with Crippen molar-refractivity contribution >= 4 is 33.4 Å². The van der Waals surface area contributed by atoms with Gasteiger partial charge in [-0.25, -0.2) is 4.79 Å². The maximum absolute atomic E-state index is 12.5. The number of piperazine rings is 1. The molecule has 0 N–H and O–H groups in total. The molecule has 1 fully saturated rings. The molecule has 1 aliphatic rings. The molecule has 0 unspecified atom stereocenters. The first kappa shape index (κ1) is 19.5. The molecular weight excluding hydrogens is 390 g/mol. The smallest absolute Gasteiger partial charge is 0.410 e. The molecule has 0 spiro atoms. The predicted octanol–water partition coefficient (Wildman–Crippen LogP) is 4.19. The summed E-state index contributed by atoms with van der Waals surface area (Å²) in [7, 11) is 0. The number of hydrogen-bond acceptors (Lipinski definition) is 5. The molecule has 25 heavy (non-hydrogen) atoms. The van der Waals surface area contributed by atoms with Crippen LogP contribution in [0, 0.1) is 10.1 Å². The molecule has 0 atom stereocenters. The number of benzene rings is 1. The standard InChI is InChI=1S/C17H24BrN3O4/c1-16(2,3)25-15(22)20-9-8-19(11-17(20,4)5)14-7-6-12(21(23)24)10-13(14)18/h6-7,10H,8-9,11H2,1-5H3. The summed E-state index contributed by atoms with van der Waals surface area (Å²) in [5.41, 5.74) is -0.0437. The van der Waals surface area contributed by atoms with Gasteiger partial charge in [-0.05, 0) is 56.6 Å². The van der Waals surface area contributed by atoms with Gasteiger partial charge in [0.2, 0.25) is 0 Å². The summed E-state index contributed by atoms with van der Waals surface area (Å²) in [5, 5.41) is 10.9. The van der Waals surface area contributed by atoms with Gasteiger partial charge in [0.15, 0.2) is 0 Å². The van der Waals surface area contributed by atoms with E-state index in [2.05, 4.69) is 20.8 Å². The number of nitro benzene ring substituents is 1. The Labute approximate surface area is 156 Å². The van der Waals surface area contributed by atoms with Gasteiger partial charge in [0.25, 0.3) is 5.69 Å². The van der Waals surface area contributed by atoms with Crippen molar-refractivity contribution in [1.82, 2.24) is 4.90 Å². The Morgan fingerprint density at radius 3 is 2.44 bits per heavy atom. The second-order valence-corrected chi connectivity index (χ2v) is 8.61. The van der Waals surface area contributed by atoms with Gasteiger partial charge in [-0.15, -0.1) is 0 Å². The molecule has 1 heterocycles. The van der Waals surface area contributed by atoms with Gasteiger partial charge in [0.05, 0.1) is 16.1 Å². The average molecular weight is 414 g/mol. The fourth-order valence-corrected chi connectivity index (χ4v) is 3.50. The number of nitro groups is 1. The first-order valence-electron chi connectivity index (χ1n) is 8.10. The lowest BCUT2D eigenvalue weighted by atomic mass is 9.98. The summed E-state index contributed by atoms with van der Waals surface area (Å²) >= 11 is 3.42. The molecule has 1 saturated heterocycles. The van der Waals surface area contributed by atoms with Crippen LogP contribution in [0.4, 0.5) is 16.2 Å². The largest absolute Gasteiger partial charge is 0.444 e. The monoisotopic (exact) mass is 413 g/mol. The topological polar surface area (TPSA) is 75.9 Å². The van der Waals surface area contributed by atoms with Gasteiger partial charge in [0.1, 0.15) is 5.60 Å². The SMILES string of the molecule is CC(C)(C)OC(=O)N1CCN(c2ccc([N+](=O)[O-])cc2Br)CC1(C)C. The van der Waals surface area contributed by atoms with Crippen molar-refractivity contribution < 1.29 is 14.5 Å². The van der Waals surface area contributed by atoms with Crippen LogP contribution in [0.2, 0.25) is 0 Å². The number of carbonyl (C=O) groups excluding carboxylic acids is 1. The van der Waals surface area contributed by atoms with E-state index in [0.29, 0.717) is 24.1 Å². The highest BCUT2D eigenvalue weighted by Gasteiger charge is 2.39. The first-order chi connectivity index (χ1) is 11.4. The molecule has 0 radical (unpaired) electrons. The van der Waals surface area contributed by atoms with Crippen LogP contribution in [0.1, 0.15) is 34.6 Å². The highest BCUT2D eigenvalue weighted by molar-refractivity contribution is 9.10. The van der Waals surface area contributed by atoms with Crippen molar-refractivity contribution in [3.63, 3.8) is 0 Å². The van der Waals surface area contributed by atoms with Crippen molar-refractivity contribution in [2.75, 3.05) is 24.5 Å². The van der Waals surface area contributed by atoms with Crippen molar-refractivity contribution in [3.8, 4) is 0 Å². The number of halogens is 1. The van der Waals surface area contributed by atoms with Gasteiger partial charge in [-0.2, -0.15) is 0 Å². The molecule has 0 aliphatic carbocycles. The van der Waals surface area contributed by atoms with Crippen LogP contribution >= 0.6 is 15.9 Å². The number of carbonyl (C=O) groups is 1. The van der Waals surface area contributed by atoms with Gasteiger partial charge in [-0.3, -0.25) is 15.0 Å². The van der Waals surface area contributed by atoms with Crippen LogP contribution < -0.4 is 4.90 Å². The molecule has 1 aromatic rings. The summed E-state index contributed by atoms with van der Waals surface area (Å²) in [5.74, 6) is 0. The van der Waals surface area contributed by atoms with Crippen LogP contribution in [-0.4, -0.2) is 46.7 Å². The number of ether oxygens (including phenoxy) is 1. The van der Waals surface area contributed by atoms with E-state index in [0.717, 1.165) is 5.69 Å². The predicted molar refractivity (Wildman–Crippen MR) is 100 cm³/mol. The Kier molecular flexibility index (Phi) is 5.32. The molecule has 0 aromatic heterocycles. The third-order valence-corrected chi connectivity index (χ3v) is 4.63. The van der Waals surface area contributed by atoms with Crippen molar-refractivity contribution in [3.05, 3.63) is 32.8 Å². The van der Waals surface area contributed by atoms with Crippen LogP contribution in [0.5, 0.6) is 0 Å². The van der Waals surface area contributed by atoms with E-state index < -0.39 is 16.1 Å². The quantitative estimate of drug-likeness (QED) is 0.536. The number of anilines is 1. The zero-order valence-corrected chi connectivity index (χ0v) is 16.8. The summed E-state index contributed by atoms with van der Waals surface area (Å²) < 4.78 is 6.17. The summed E-state index contributed by atoms with van der Waals surface area (Å²) in [6, 6.07) is 4.73. The molecule has 138 valence electrons. The second kappa shape index (κ2) is 6.82. The van der Waals surface area contributed by atoms with Crippen LogP contribution in [0.3, 0.4) is 0 Å². The highest BCUT2D eigenvalue weighted by Crippen LogP contribution is 2.34. The van der Waals surface area contributed by atoms with Crippen molar-refractivity contribution in [2.24, 2.45) is 0 Å². The van der Waals surface area contributed by atoms with Gasteiger partial charge < -0.3 is 9.64 Å². The Hall–Kier alpha value is -1.83. The van der Waals surface area contributed by atoms with Crippen LogP contribution in [0.25, 0.3) is 0 Å². The lowest BCUT2D eigenvalue weighted by molar-refractivity contribution is -0.384. The zero-order chi connectivity index (χ0) is 19.0. The van der Waals surface area contributed by atoms with E-state index in [1.165, 1.54) is 12.1 Å². The normalized spacial score (nSPS) is 17.4. The van der Waals surface area contributed by atoms with E-state index in [4.69, 9.17) is 4.74 Å². The molecule has 0 bridgehead atoms. The molecular formula is C17H24BrN3O4. The molecule has 8 heteroatoms. The Bertz CT molecular complexity index is 685. The van der Waals surface area contributed by atoms with E-state index >= 15 is 0 Å². The van der Waals surface area contributed by atoms with E-state index in [9.17, 15) is 14.9 Å². The fraction of sp³-hybridized carbons (Fsp3) is 0.588. The third kappa shape index (κ3) is 4.62. The second-order valence-electron chi connectivity index (χ2n) is 7.76. The van der Waals surface area contributed by atoms with E-state index in [1.807, 2.05) is 34.6 Å². The summed E-state index contributed by atoms with van der Waals surface area (Å²) in [4.78, 5) is 26.8. The Morgan fingerprint density at radius 1 is 1.32 bits per heavy atom. The number of rotatable bonds is 2. The third-order valence-electron chi connectivity index (χ3n) is 4.00. The number of amides is 1. The van der Waals surface area contributed by atoms with E-state index in [1.54, 1.807) is 11.0 Å². The zero-order valence-electron chi connectivity index (χ0n) is 15.2. The molecule has 1 aliphatic heterocycles. The maximum Gasteiger partial charge on any atom is 0.410 e. The number of non-ortho nitro benzene ring substituents is 1. The lowest BCUT2D eigenvalue weighted by Gasteiger charge is -2.47. The Morgan fingerprint density at radius 2 is 1.96 bits per heavy atom. The fourth-order valence-electron chi connectivity index (χ4n) is 2.88. The number of hydrogen-bond donors (Lipinski definition) is 0. The van der Waals surface area contributed by atoms with Gasteiger partial charge >= 0.3 is 6.09 Å². The highest BCUT2D eigenvalue weighted by atomic mass is 79.9. The number of nitrogens with zero attached hydrogens (tertiary/aromatic N) is 3. The molecule has 1 aromatic carbocycles. The minimum atomic E-state index is -0.536. The first-order valence-corrected chi connectivity index (χ1v) is 8.89. The summed E-state index contributed by atoms with van der Waals surface area (Å²) in [6.07, 6.45) is -0.320. The van der Waals surface area contributed by atoms with Gasteiger partial charge in [-0.1, -0.05) is 0 Å². The van der Waals surface area contributed by atoms with Crippen LogP contribution in [0.15, 0.2) is 22.7 Å². The summed E-state index contributed by atoms with van der Waals surface area (Å²) in [6.45, 7) is 11.3.